The Bertz CT molecular complexity index is 1760. The third-order valence-corrected chi connectivity index (χ3v) is 14.3. The maximum absolute atomic E-state index is 14.2. The lowest BCUT2D eigenvalue weighted by Crippen LogP contribution is -2.96. The molecule has 0 aromatic carbocycles. The van der Waals surface area contributed by atoms with Crippen LogP contribution < -0.4 is 0 Å². The highest BCUT2D eigenvalue weighted by Crippen LogP contribution is 2.87. The summed E-state index contributed by atoms with van der Waals surface area (Å²) in [4.78, 5) is 65.7. The lowest BCUT2D eigenvalue weighted by molar-refractivity contribution is -0.440. The minimum Gasteiger partial charge on any atom is -0.472 e. The lowest BCUT2D eigenvalue weighted by Gasteiger charge is -2.77. The summed E-state index contributed by atoms with van der Waals surface area (Å²) in [6.07, 6.45) is -6.12. The predicted octanol–water partition coefficient (Wildman–Crippen LogP) is 1.80. The molecule has 4 bridgehead atoms. The van der Waals surface area contributed by atoms with E-state index in [-0.39, 0.29) is 19.3 Å². The van der Waals surface area contributed by atoms with Crippen molar-refractivity contribution in [3.8, 4) is 0 Å². The first-order chi connectivity index (χ1) is 24.6. The highest BCUT2D eigenvalue weighted by Gasteiger charge is 3.03. The Morgan fingerprint density at radius 1 is 0.925 bits per heavy atom. The molecular weight excluding hydrogens is 700 g/mol. The van der Waals surface area contributed by atoms with Gasteiger partial charge in [-0.2, -0.15) is 0 Å². The maximum Gasteiger partial charge on any atom is 0.305 e. The van der Waals surface area contributed by atoms with Crippen molar-refractivity contribution in [1.82, 2.24) is 0 Å². The molecule has 6 fully saturated rings. The van der Waals surface area contributed by atoms with Crippen molar-refractivity contribution in [2.75, 3.05) is 7.11 Å². The summed E-state index contributed by atoms with van der Waals surface area (Å²) in [6.45, 7) is 11.1. The van der Waals surface area contributed by atoms with Crippen LogP contribution in [0.15, 0.2) is 23.0 Å². The van der Waals surface area contributed by atoms with Gasteiger partial charge in [-0.05, 0) is 24.8 Å². The van der Waals surface area contributed by atoms with Crippen LogP contribution in [0.25, 0.3) is 0 Å². The second kappa shape index (κ2) is 11.2. The molecule has 4 aliphatic carbocycles. The molecular formula is C37H48O16. The molecule has 15 atom stereocenters. The molecule has 4 saturated carbocycles. The van der Waals surface area contributed by atoms with Gasteiger partial charge < -0.3 is 52.9 Å². The molecule has 7 rings (SSSR count). The van der Waals surface area contributed by atoms with Crippen molar-refractivity contribution in [3.05, 3.63) is 24.2 Å². The van der Waals surface area contributed by atoms with E-state index in [1.54, 1.807) is 26.8 Å². The fourth-order valence-electron chi connectivity index (χ4n) is 12.6. The van der Waals surface area contributed by atoms with Crippen LogP contribution >= 0.6 is 0 Å². The number of ether oxygens (including phenoxy) is 7. The number of carbonyl (C=O) groups excluding carboxylic acids is 5. The number of esters is 5. The first-order valence-corrected chi connectivity index (χ1v) is 17.9. The third kappa shape index (κ3) is 4.06. The van der Waals surface area contributed by atoms with E-state index >= 15 is 0 Å². The van der Waals surface area contributed by atoms with Gasteiger partial charge in [0, 0.05) is 62.8 Å². The van der Waals surface area contributed by atoms with Gasteiger partial charge in [0.2, 0.25) is 0 Å². The van der Waals surface area contributed by atoms with Crippen LogP contribution in [0.3, 0.4) is 0 Å². The number of hydrogen-bond acceptors (Lipinski definition) is 16. The van der Waals surface area contributed by atoms with Crippen molar-refractivity contribution >= 4 is 29.8 Å². The zero-order valence-corrected chi connectivity index (χ0v) is 31.3. The second-order valence-corrected chi connectivity index (χ2v) is 16.5. The van der Waals surface area contributed by atoms with Crippen molar-refractivity contribution in [2.24, 2.45) is 28.1 Å². The fourth-order valence-corrected chi connectivity index (χ4v) is 12.6. The normalized spacial score (nSPS) is 48.8. The van der Waals surface area contributed by atoms with Crippen LogP contribution in [0.1, 0.15) is 92.7 Å². The Kier molecular flexibility index (Phi) is 8.01. The Labute approximate surface area is 305 Å². The summed E-state index contributed by atoms with van der Waals surface area (Å²) in [6, 6.07) is 1.55. The van der Waals surface area contributed by atoms with E-state index in [9.17, 15) is 39.3 Å². The number of carbonyl (C=O) groups is 5. The summed E-state index contributed by atoms with van der Waals surface area (Å²) >= 11 is 0. The summed E-state index contributed by atoms with van der Waals surface area (Å²) in [5.74, 6) is -7.91. The van der Waals surface area contributed by atoms with Crippen LogP contribution in [-0.2, 0) is 57.1 Å². The molecule has 0 radical (unpaired) electrons. The molecule has 0 unspecified atom stereocenters. The number of furan rings is 1. The molecule has 53 heavy (non-hydrogen) atoms. The van der Waals surface area contributed by atoms with Crippen molar-refractivity contribution < 1.29 is 76.9 Å². The van der Waals surface area contributed by atoms with Crippen molar-refractivity contribution in [3.63, 3.8) is 0 Å². The molecule has 6 aliphatic rings. The minimum atomic E-state index is -2.66. The van der Waals surface area contributed by atoms with Crippen LogP contribution in [0.5, 0.6) is 0 Å². The molecule has 3 heterocycles. The zero-order chi connectivity index (χ0) is 39.1. The Morgan fingerprint density at radius 3 is 2.08 bits per heavy atom. The Morgan fingerprint density at radius 2 is 1.55 bits per heavy atom. The zero-order valence-electron chi connectivity index (χ0n) is 31.3. The number of hydrogen-bond donors (Lipinski definition) is 3. The van der Waals surface area contributed by atoms with Crippen LogP contribution in [0.4, 0.5) is 0 Å². The number of rotatable bonds is 9. The van der Waals surface area contributed by atoms with Gasteiger partial charge in [-0.1, -0.05) is 27.7 Å². The van der Waals surface area contributed by atoms with Crippen LogP contribution in [-0.4, -0.2) is 105 Å². The number of methoxy groups -OCH3 is 1. The van der Waals surface area contributed by atoms with Crippen LogP contribution in [0.2, 0.25) is 0 Å². The average Bonchev–Trinajstić information content (AvgIpc) is 3.87. The second-order valence-electron chi connectivity index (χ2n) is 16.5. The monoisotopic (exact) mass is 748 g/mol. The quantitative estimate of drug-likeness (QED) is 0.242. The van der Waals surface area contributed by atoms with E-state index in [0.29, 0.717) is 5.56 Å². The van der Waals surface area contributed by atoms with Crippen LogP contribution in [0, 0.1) is 28.1 Å². The van der Waals surface area contributed by atoms with Gasteiger partial charge in [-0.15, -0.1) is 0 Å². The van der Waals surface area contributed by atoms with Gasteiger partial charge >= 0.3 is 29.8 Å². The van der Waals surface area contributed by atoms with E-state index in [2.05, 4.69) is 0 Å². The van der Waals surface area contributed by atoms with E-state index < -0.39 is 123 Å². The molecule has 16 nitrogen and oxygen atoms in total. The molecule has 2 saturated heterocycles. The highest BCUT2D eigenvalue weighted by atomic mass is 16.8. The molecule has 1 spiro atoms. The summed E-state index contributed by atoms with van der Waals surface area (Å²) in [5.41, 5.74) is -14.7. The van der Waals surface area contributed by atoms with E-state index in [1.807, 2.05) is 0 Å². The summed E-state index contributed by atoms with van der Waals surface area (Å²) < 4.78 is 48.6. The molecule has 292 valence electrons. The van der Waals surface area contributed by atoms with E-state index in [4.69, 9.17) is 37.6 Å². The molecule has 1 aromatic rings. The Hall–Kier alpha value is -3.57. The topological polar surface area (TPSA) is 224 Å². The molecule has 0 amide bonds. The maximum atomic E-state index is 14.2. The summed E-state index contributed by atoms with van der Waals surface area (Å²) in [5, 5.41) is 41.0. The largest absolute Gasteiger partial charge is 0.472 e. The van der Waals surface area contributed by atoms with Gasteiger partial charge in [0.05, 0.1) is 25.1 Å². The SMILES string of the molecule is CC[C@@]12C[C@@H]3[C@](C)([C@@H](OC(C)=O)c4ccoc4)[C@@H](OC(C)=O)[C@@H](OC(C)=O)[C@@]4(O)[C@]3(O1)[C@H](O2)[C@@]1(O)[C@@H](OC(C)=O)[C@@]2(C)C[C@@]1(O)[C@@]4(C)[C@H]2CC(=O)OC. The first kappa shape index (κ1) is 37.7. The van der Waals surface area contributed by atoms with Gasteiger partial charge in [-0.3, -0.25) is 24.0 Å². The molecule has 1 aromatic heterocycles. The van der Waals surface area contributed by atoms with Gasteiger partial charge in [0.15, 0.2) is 23.6 Å². The average molecular weight is 749 g/mol. The fraction of sp³-hybridized carbons (Fsp3) is 0.757. The Balaban J connectivity index is 1.64. The van der Waals surface area contributed by atoms with Gasteiger partial charge in [-0.25, -0.2) is 0 Å². The van der Waals surface area contributed by atoms with Gasteiger partial charge in [0.25, 0.3) is 0 Å². The van der Waals surface area contributed by atoms with Crippen molar-refractivity contribution in [2.45, 2.75) is 140 Å². The standard InChI is InChI=1S/C37H48O16/c1-10-33-14-23-31(7,25(48-17(2)38)21-11-12-47-15-21)26(49-18(3)39)27(50-19(4)40)37(45)32(8)22(13-24(42)46-9)30(6)16-34(32,43)35(44,28(30)51-20(5)41)29(52-33)36(23,37)53-33/h11-12,15,22-23,25-29,43-45H,10,13-14,16H2,1-9H3/t22-,23+,25-,26-,27+,28-,29+,30-,31+,32+,33-,34+,35-,36+,37-/m0/s1. The third-order valence-electron chi connectivity index (χ3n) is 14.3. The number of aliphatic hydroxyl groups is 3. The summed E-state index contributed by atoms with van der Waals surface area (Å²) in [7, 11) is 1.17. The minimum absolute atomic E-state index is 0.0409. The highest BCUT2D eigenvalue weighted by molar-refractivity contribution is 5.72. The van der Waals surface area contributed by atoms with E-state index in [0.717, 1.165) is 20.8 Å². The number of fused-ring (bicyclic) bond motifs is 4. The predicted molar refractivity (Wildman–Crippen MR) is 174 cm³/mol. The molecule has 16 heteroatoms. The van der Waals surface area contributed by atoms with Crippen molar-refractivity contribution in [1.29, 1.82) is 0 Å². The van der Waals surface area contributed by atoms with E-state index in [1.165, 1.54) is 33.5 Å². The first-order valence-electron chi connectivity index (χ1n) is 17.9. The smallest absolute Gasteiger partial charge is 0.305 e. The molecule has 3 N–H and O–H groups in total. The van der Waals surface area contributed by atoms with Gasteiger partial charge in [0.1, 0.15) is 35.1 Å². The molecule has 2 aliphatic heterocycles. The lowest BCUT2D eigenvalue weighted by atomic mass is 9.32.